The number of carbonyl (C=O) groups is 2. The standard InChI is InChI=1S/C13H11NO3.C12H9NO2S.Ni/c15-12-8-4-3-7-11(12)14-10-6-2-1-5-9(10)13(16)17;14-10(11-5-3-7-15-11)8-13-9-4-1-2-6-12(9)16;/h1-8,14-15H,(H,16,17);1-8,16H;/q;;+2/p-2. The molecule has 0 unspecified atom stereocenters. The van der Waals surface area contributed by atoms with Gasteiger partial charge in [-0.05, 0) is 36.4 Å². The fourth-order valence-corrected chi connectivity index (χ4v) is 2.87. The van der Waals surface area contributed by atoms with Gasteiger partial charge in [-0.15, -0.1) is 4.90 Å². The molecule has 0 saturated heterocycles. The van der Waals surface area contributed by atoms with Crippen molar-refractivity contribution in [2.24, 2.45) is 4.99 Å². The molecule has 0 bridgehead atoms. The molecule has 2 N–H and O–H groups in total. The minimum absolute atomic E-state index is 0. The Morgan fingerprint density at radius 1 is 0.912 bits per heavy atom. The van der Waals surface area contributed by atoms with Gasteiger partial charge in [-0.2, -0.15) is 0 Å². The Kier molecular flexibility index (Phi) is 10.0. The summed E-state index contributed by atoms with van der Waals surface area (Å²) < 4.78 is 4.95. The molecule has 0 fully saturated rings. The molecule has 0 atom stereocenters. The van der Waals surface area contributed by atoms with Crippen LogP contribution < -0.4 is 10.4 Å². The van der Waals surface area contributed by atoms with Gasteiger partial charge in [0.15, 0.2) is 5.76 Å². The van der Waals surface area contributed by atoms with E-state index in [0.29, 0.717) is 22.0 Å². The van der Waals surface area contributed by atoms with E-state index in [4.69, 9.17) is 22.2 Å². The molecule has 0 aliphatic rings. The molecule has 0 radical (unpaired) electrons. The maximum atomic E-state index is 11.5. The Bertz CT molecular complexity index is 1280. The fraction of sp³-hybridized carbons (Fsp3) is 0. The zero-order chi connectivity index (χ0) is 23.6. The third kappa shape index (κ3) is 7.30. The number of benzene rings is 3. The van der Waals surface area contributed by atoms with Gasteiger partial charge in [-0.3, -0.25) is 9.79 Å². The summed E-state index contributed by atoms with van der Waals surface area (Å²) in [6, 6.07) is 23.3. The van der Waals surface area contributed by atoms with Gasteiger partial charge in [0.05, 0.1) is 23.7 Å². The van der Waals surface area contributed by atoms with Crippen LogP contribution in [0, 0.1) is 0 Å². The number of hydrogen-bond donors (Lipinski definition) is 2. The first kappa shape index (κ1) is 26.3. The zero-order valence-corrected chi connectivity index (χ0v) is 19.3. The average Bonchev–Trinajstić information content (AvgIpc) is 3.36. The minimum atomic E-state index is -1.03. The molecule has 0 aliphatic heterocycles. The van der Waals surface area contributed by atoms with Crippen molar-refractivity contribution in [2.75, 3.05) is 5.32 Å². The number of nitrogens with one attached hydrogen (secondary N) is 1. The average molecular weight is 517 g/mol. The van der Waals surface area contributed by atoms with E-state index in [1.54, 1.807) is 60.7 Å². The number of furan rings is 1. The van der Waals surface area contributed by atoms with E-state index in [-0.39, 0.29) is 39.3 Å². The van der Waals surface area contributed by atoms with Gasteiger partial charge in [0, 0.05) is 11.4 Å². The van der Waals surface area contributed by atoms with Gasteiger partial charge in [-0.1, -0.05) is 54.3 Å². The quantitative estimate of drug-likeness (QED) is 0.161. The topological polar surface area (TPSA) is 115 Å². The molecule has 4 aromatic rings. The smallest absolute Gasteiger partial charge is 0.871 e. The summed E-state index contributed by atoms with van der Waals surface area (Å²) >= 11 is 5.06. The van der Waals surface area contributed by atoms with Crippen LogP contribution in [0.3, 0.4) is 0 Å². The van der Waals surface area contributed by atoms with Crippen molar-refractivity contribution in [3.63, 3.8) is 0 Å². The van der Waals surface area contributed by atoms with E-state index in [2.05, 4.69) is 10.3 Å². The Hall–Kier alpha value is -3.94. The predicted octanol–water partition coefficient (Wildman–Crippen LogP) is 4.97. The minimum Gasteiger partial charge on any atom is -0.871 e. The number of carbonyl (C=O) groups excluding carboxylic acids is 1. The Balaban J connectivity index is 0.000000234. The SMILES string of the molecule is O=C(C=Nc1ccccc1[S-])c1ccco1.O=C(O)c1ccccc1Nc1ccccc1[O-].[Ni+2]. The van der Waals surface area contributed by atoms with Gasteiger partial charge in [0.25, 0.3) is 0 Å². The van der Waals surface area contributed by atoms with Gasteiger partial charge < -0.3 is 32.6 Å². The summed E-state index contributed by atoms with van der Waals surface area (Å²) in [6.45, 7) is 0. The Morgan fingerprint density at radius 2 is 1.56 bits per heavy atom. The summed E-state index contributed by atoms with van der Waals surface area (Å²) in [7, 11) is 0. The third-order valence-electron chi connectivity index (χ3n) is 4.26. The predicted molar refractivity (Wildman–Crippen MR) is 126 cm³/mol. The summed E-state index contributed by atoms with van der Waals surface area (Å²) in [5.74, 6) is -1.21. The van der Waals surface area contributed by atoms with E-state index < -0.39 is 5.97 Å². The molecule has 0 amide bonds. The number of aliphatic imine (C=N–C) groups is 1. The van der Waals surface area contributed by atoms with Gasteiger partial charge >= 0.3 is 22.5 Å². The molecule has 0 spiro atoms. The van der Waals surface area contributed by atoms with Crippen LogP contribution in [0.5, 0.6) is 5.75 Å². The van der Waals surface area contributed by atoms with Crippen LogP contribution in [0.15, 0.2) is 105 Å². The number of ketones is 1. The summed E-state index contributed by atoms with van der Waals surface area (Å²) in [5.41, 5.74) is 1.51. The van der Waals surface area contributed by atoms with Crippen molar-refractivity contribution in [1.82, 2.24) is 0 Å². The number of aromatic carboxylic acids is 1. The molecule has 34 heavy (non-hydrogen) atoms. The second-order valence-corrected chi connectivity index (χ2v) is 6.98. The fourth-order valence-electron chi connectivity index (χ4n) is 2.67. The van der Waals surface area contributed by atoms with Gasteiger partial charge in [0.2, 0.25) is 5.78 Å². The number of Topliss-reactive ketones (excluding diaryl/α,β-unsaturated/α-hetero) is 1. The normalized spacial score (nSPS) is 10.0. The number of carboxylic acids is 1. The van der Waals surface area contributed by atoms with E-state index >= 15 is 0 Å². The molecule has 0 saturated carbocycles. The summed E-state index contributed by atoms with van der Waals surface area (Å²) in [5, 5.41) is 23.3. The van der Waals surface area contributed by atoms with Crippen LogP contribution in [-0.2, 0) is 29.1 Å². The number of para-hydroxylation sites is 4. The molecular weight excluding hydrogens is 499 g/mol. The van der Waals surface area contributed by atoms with E-state index in [0.717, 1.165) is 0 Å². The summed E-state index contributed by atoms with van der Waals surface area (Å²) in [4.78, 5) is 27.1. The first-order valence-corrected chi connectivity index (χ1v) is 10.1. The first-order valence-electron chi connectivity index (χ1n) is 9.69. The van der Waals surface area contributed by atoms with Crippen LogP contribution in [0.25, 0.3) is 0 Å². The largest absolute Gasteiger partial charge is 2.00 e. The van der Waals surface area contributed by atoms with Crippen LogP contribution >= 0.6 is 0 Å². The van der Waals surface area contributed by atoms with Crippen LogP contribution in [0.4, 0.5) is 17.1 Å². The third-order valence-corrected chi connectivity index (χ3v) is 4.61. The maximum Gasteiger partial charge on any atom is 2.00 e. The number of anilines is 2. The van der Waals surface area contributed by atoms with E-state index in [1.165, 1.54) is 24.6 Å². The number of nitrogens with zero attached hydrogens (tertiary/aromatic N) is 1. The molecule has 7 nitrogen and oxygen atoms in total. The van der Waals surface area contributed by atoms with Crippen LogP contribution in [0.1, 0.15) is 20.9 Å². The molecule has 9 heteroatoms. The first-order chi connectivity index (χ1) is 16.0. The number of carboxylic acid groups (broad SMARTS) is 1. The monoisotopic (exact) mass is 516 g/mol. The van der Waals surface area contributed by atoms with Crippen molar-refractivity contribution >= 4 is 47.7 Å². The molecule has 1 aromatic heterocycles. The van der Waals surface area contributed by atoms with Gasteiger partial charge in [-0.25, -0.2) is 4.79 Å². The maximum absolute atomic E-state index is 11.5. The van der Waals surface area contributed by atoms with Gasteiger partial charge in [0.1, 0.15) is 0 Å². The van der Waals surface area contributed by atoms with E-state index in [9.17, 15) is 14.7 Å². The van der Waals surface area contributed by atoms with Crippen molar-refractivity contribution in [3.8, 4) is 5.75 Å². The molecule has 3 aromatic carbocycles. The van der Waals surface area contributed by atoms with Crippen LogP contribution in [-0.4, -0.2) is 23.1 Å². The molecule has 174 valence electrons. The molecule has 0 aliphatic carbocycles. The Labute approximate surface area is 211 Å². The van der Waals surface area contributed by atoms with Crippen molar-refractivity contribution in [2.45, 2.75) is 4.90 Å². The zero-order valence-electron chi connectivity index (χ0n) is 17.5. The number of rotatable bonds is 6. The van der Waals surface area contributed by atoms with Crippen LogP contribution in [0.2, 0.25) is 0 Å². The van der Waals surface area contributed by atoms with Crippen molar-refractivity contribution in [1.29, 1.82) is 0 Å². The molecule has 1 heterocycles. The van der Waals surface area contributed by atoms with E-state index in [1.807, 2.05) is 12.1 Å². The molecular formula is C25H18N2NiO5S. The van der Waals surface area contributed by atoms with Crippen molar-refractivity contribution < 1.29 is 40.7 Å². The van der Waals surface area contributed by atoms with Crippen molar-refractivity contribution in [3.05, 3.63) is 103 Å². The second-order valence-electron chi connectivity index (χ2n) is 6.54. The molecule has 4 rings (SSSR count). The second kappa shape index (κ2) is 12.9. The number of hydrogen-bond acceptors (Lipinski definition) is 7. The summed E-state index contributed by atoms with van der Waals surface area (Å²) in [6.07, 6.45) is 2.66. The Morgan fingerprint density at radius 3 is 2.21 bits per heavy atom.